The molecule has 0 bridgehead atoms. The summed E-state index contributed by atoms with van der Waals surface area (Å²) in [5.41, 5.74) is 5.39. The molecule has 0 radical (unpaired) electrons. The summed E-state index contributed by atoms with van der Waals surface area (Å²) in [5.74, 6) is 0.829. The summed E-state index contributed by atoms with van der Waals surface area (Å²) in [6, 6.07) is 22.3. The molecule has 0 spiro atoms. The second kappa shape index (κ2) is 8.53. The maximum absolute atomic E-state index is 5.88. The number of ether oxygens (including phenoxy) is 1. The summed E-state index contributed by atoms with van der Waals surface area (Å²) in [6.07, 6.45) is 5.96. The van der Waals surface area contributed by atoms with E-state index in [-0.39, 0.29) is 0 Å². The van der Waals surface area contributed by atoms with Gasteiger partial charge in [0.2, 0.25) is 0 Å². The summed E-state index contributed by atoms with van der Waals surface area (Å²) < 4.78 is 5.88. The number of aromatic nitrogens is 1. The number of fused-ring (bicyclic) bond motifs is 1. The monoisotopic (exact) mass is 369 g/mol. The van der Waals surface area contributed by atoms with E-state index in [4.69, 9.17) is 9.73 Å². The second-order valence-electron chi connectivity index (χ2n) is 6.72. The highest BCUT2D eigenvalue weighted by Gasteiger charge is 2.13. The van der Waals surface area contributed by atoms with Crippen molar-refractivity contribution in [1.82, 2.24) is 4.98 Å². The highest BCUT2D eigenvalue weighted by molar-refractivity contribution is 6.14. The van der Waals surface area contributed by atoms with Gasteiger partial charge in [0.25, 0.3) is 0 Å². The van der Waals surface area contributed by atoms with Crippen LogP contribution in [0.4, 0.5) is 5.69 Å². The standard InChI is InChI=1S/C24H23N3O/c1-27-16-15-26-23(22-10-2-3-11-24(22)27)13-12-19-7-6-9-21(17-19)28-18-20-8-4-5-14-25-20/h2-14,17H,15-16,18H2,1H3. The van der Waals surface area contributed by atoms with Crippen molar-refractivity contribution < 1.29 is 4.74 Å². The average molecular weight is 369 g/mol. The van der Waals surface area contributed by atoms with Gasteiger partial charge < -0.3 is 9.64 Å². The van der Waals surface area contributed by atoms with Gasteiger partial charge in [0.15, 0.2) is 0 Å². The number of para-hydroxylation sites is 1. The third-order valence-corrected chi connectivity index (χ3v) is 4.71. The minimum atomic E-state index is 0.459. The molecule has 4 nitrogen and oxygen atoms in total. The Morgan fingerprint density at radius 1 is 1.00 bits per heavy atom. The average Bonchev–Trinajstić information content (AvgIpc) is 2.91. The SMILES string of the molecule is CN1CCN=C(C=Cc2cccc(OCc3ccccn3)c2)c2ccccc21. The third kappa shape index (κ3) is 4.29. The molecule has 0 fully saturated rings. The molecule has 3 aromatic rings. The zero-order valence-electron chi connectivity index (χ0n) is 16.0. The number of nitrogens with zero attached hydrogens (tertiary/aromatic N) is 3. The first-order valence-electron chi connectivity index (χ1n) is 9.45. The van der Waals surface area contributed by atoms with E-state index in [9.17, 15) is 0 Å². The zero-order chi connectivity index (χ0) is 19.2. The Balaban J connectivity index is 1.50. The minimum absolute atomic E-state index is 0.459. The molecule has 4 rings (SSSR count). The summed E-state index contributed by atoms with van der Waals surface area (Å²) in [5, 5.41) is 0. The fourth-order valence-corrected chi connectivity index (χ4v) is 3.22. The van der Waals surface area contributed by atoms with Crippen molar-refractivity contribution in [2.75, 3.05) is 25.0 Å². The molecular formula is C24H23N3O. The van der Waals surface area contributed by atoms with Crippen molar-refractivity contribution in [1.29, 1.82) is 0 Å². The van der Waals surface area contributed by atoms with Crippen molar-refractivity contribution in [3.05, 3.63) is 95.8 Å². The lowest BCUT2D eigenvalue weighted by atomic mass is 10.1. The van der Waals surface area contributed by atoms with Crippen LogP contribution in [0.5, 0.6) is 5.75 Å². The van der Waals surface area contributed by atoms with E-state index < -0.39 is 0 Å². The summed E-state index contributed by atoms with van der Waals surface area (Å²) in [4.78, 5) is 11.3. The van der Waals surface area contributed by atoms with Crippen molar-refractivity contribution in [3.8, 4) is 5.75 Å². The Labute approximate surface area is 165 Å². The van der Waals surface area contributed by atoms with Crippen LogP contribution in [0.25, 0.3) is 6.08 Å². The predicted molar refractivity (Wildman–Crippen MR) is 115 cm³/mol. The van der Waals surface area contributed by atoms with Gasteiger partial charge in [0.05, 0.1) is 18.0 Å². The molecule has 140 valence electrons. The number of pyridine rings is 1. The van der Waals surface area contributed by atoms with Crippen molar-refractivity contribution in [2.45, 2.75) is 6.61 Å². The molecule has 2 aromatic carbocycles. The van der Waals surface area contributed by atoms with E-state index in [2.05, 4.69) is 59.4 Å². The molecule has 4 heteroatoms. The van der Waals surface area contributed by atoms with E-state index in [0.29, 0.717) is 6.61 Å². The van der Waals surface area contributed by atoms with Crippen molar-refractivity contribution in [2.24, 2.45) is 4.99 Å². The number of allylic oxidation sites excluding steroid dienone is 1. The van der Waals surface area contributed by atoms with E-state index >= 15 is 0 Å². The third-order valence-electron chi connectivity index (χ3n) is 4.71. The number of rotatable bonds is 5. The Hall–Kier alpha value is -3.40. The summed E-state index contributed by atoms with van der Waals surface area (Å²) in [6.45, 7) is 2.17. The molecule has 1 aliphatic heterocycles. The molecule has 0 N–H and O–H groups in total. The fourth-order valence-electron chi connectivity index (χ4n) is 3.22. The van der Waals surface area contributed by atoms with Gasteiger partial charge in [-0.15, -0.1) is 0 Å². The van der Waals surface area contributed by atoms with Gasteiger partial charge >= 0.3 is 0 Å². The zero-order valence-corrected chi connectivity index (χ0v) is 16.0. The lowest BCUT2D eigenvalue weighted by Gasteiger charge is -2.18. The van der Waals surface area contributed by atoms with Gasteiger partial charge in [-0.1, -0.05) is 42.5 Å². The quantitative estimate of drug-likeness (QED) is 0.659. The molecule has 0 amide bonds. The molecule has 0 saturated carbocycles. The van der Waals surface area contributed by atoms with Crippen LogP contribution in [0, 0.1) is 0 Å². The van der Waals surface area contributed by atoms with Crippen LogP contribution in [0.2, 0.25) is 0 Å². The van der Waals surface area contributed by atoms with E-state index in [1.54, 1.807) is 6.20 Å². The van der Waals surface area contributed by atoms with E-state index in [0.717, 1.165) is 35.8 Å². The van der Waals surface area contributed by atoms with Crippen molar-refractivity contribution >= 4 is 17.5 Å². The lowest BCUT2D eigenvalue weighted by Crippen LogP contribution is -2.20. The molecule has 0 aliphatic carbocycles. The first-order valence-corrected chi connectivity index (χ1v) is 9.45. The van der Waals surface area contributed by atoms with Crippen LogP contribution in [-0.2, 0) is 6.61 Å². The largest absolute Gasteiger partial charge is 0.487 e. The molecule has 1 aliphatic rings. The number of likely N-dealkylation sites (N-methyl/N-ethyl adjacent to an activating group) is 1. The highest BCUT2D eigenvalue weighted by Crippen LogP contribution is 2.23. The normalized spacial score (nSPS) is 13.8. The smallest absolute Gasteiger partial charge is 0.130 e. The first kappa shape index (κ1) is 18.0. The summed E-state index contributed by atoms with van der Waals surface area (Å²) >= 11 is 0. The fraction of sp³-hybridized carbons (Fsp3) is 0.167. The number of anilines is 1. The van der Waals surface area contributed by atoms with Gasteiger partial charge in [0, 0.05) is 31.0 Å². The van der Waals surface area contributed by atoms with Crippen LogP contribution in [0.1, 0.15) is 16.8 Å². The Morgan fingerprint density at radius 3 is 2.79 bits per heavy atom. The maximum Gasteiger partial charge on any atom is 0.130 e. The predicted octanol–water partition coefficient (Wildman–Crippen LogP) is 4.61. The maximum atomic E-state index is 5.88. The first-order chi connectivity index (χ1) is 13.8. The summed E-state index contributed by atoms with van der Waals surface area (Å²) in [7, 11) is 2.11. The van der Waals surface area contributed by atoms with Crippen LogP contribution in [0.15, 0.2) is 84.0 Å². The Morgan fingerprint density at radius 2 is 1.89 bits per heavy atom. The van der Waals surface area contributed by atoms with Crippen LogP contribution >= 0.6 is 0 Å². The van der Waals surface area contributed by atoms with Crippen LogP contribution < -0.4 is 9.64 Å². The van der Waals surface area contributed by atoms with Gasteiger partial charge in [-0.2, -0.15) is 0 Å². The molecule has 28 heavy (non-hydrogen) atoms. The van der Waals surface area contributed by atoms with E-state index in [1.165, 1.54) is 11.3 Å². The number of benzene rings is 2. The van der Waals surface area contributed by atoms with Gasteiger partial charge in [-0.25, -0.2) is 0 Å². The Kier molecular flexibility index (Phi) is 5.48. The molecular weight excluding hydrogens is 346 g/mol. The van der Waals surface area contributed by atoms with Crippen LogP contribution in [0.3, 0.4) is 0 Å². The molecule has 0 unspecified atom stereocenters. The topological polar surface area (TPSA) is 37.7 Å². The van der Waals surface area contributed by atoms with Gasteiger partial charge in [-0.3, -0.25) is 9.98 Å². The highest BCUT2D eigenvalue weighted by atomic mass is 16.5. The molecule has 0 saturated heterocycles. The number of hydrogen-bond acceptors (Lipinski definition) is 4. The molecule has 2 heterocycles. The Bertz CT molecular complexity index is 995. The minimum Gasteiger partial charge on any atom is -0.487 e. The molecule has 1 aromatic heterocycles. The number of benzodiazepines with no additional fused rings is 1. The van der Waals surface area contributed by atoms with E-state index in [1.807, 2.05) is 36.4 Å². The van der Waals surface area contributed by atoms with Crippen molar-refractivity contribution in [3.63, 3.8) is 0 Å². The number of hydrogen-bond donors (Lipinski definition) is 0. The lowest BCUT2D eigenvalue weighted by molar-refractivity contribution is 0.301. The second-order valence-corrected chi connectivity index (χ2v) is 6.72. The van der Waals surface area contributed by atoms with Crippen LogP contribution in [-0.4, -0.2) is 30.8 Å². The van der Waals surface area contributed by atoms with Gasteiger partial charge in [-0.05, 0) is 42.0 Å². The molecule has 0 atom stereocenters. The van der Waals surface area contributed by atoms with Gasteiger partial charge in [0.1, 0.15) is 12.4 Å². The number of aliphatic imine (C=N–C) groups is 1.